The SMILES string of the molecule is COCC1(N)CCCCCC1.Cl. The monoisotopic (exact) mass is 193 g/mol. The fraction of sp³-hybridized carbons (Fsp3) is 1.00. The van der Waals surface area contributed by atoms with E-state index in [1.165, 1.54) is 25.7 Å². The maximum atomic E-state index is 6.14. The first-order valence-corrected chi connectivity index (χ1v) is 4.55. The molecular formula is C9H20ClNO. The van der Waals surface area contributed by atoms with Gasteiger partial charge >= 0.3 is 0 Å². The topological polar surface area (TPSA) is 35.2 Å². The number of methoxy groups -OCH3 is 1. The van der Waals surface area contributed by atoms with E-state index in [-0.39, 0.29) is 17.9 Å². The molecule has 2 N–H and O–H groups in total. The zero-order valence-corrected chi connectivity index (χ0v) is 8.66. The Morgan fingerprint density at radius 3 is 2.08 bits per heavy atom. The number of nitrogens with two attached hydrogens (primary N) is 1. The number of hydrogen-bond donors (Lipinski definition) is 1. The van der Waals surface area contributed by atoms with Gasteiger partial charge in [0.1, 0.15) is 0 Å². The molecule has 0 heterocycles. The molecule has 3 heteroatoms. The van der Waals surface area contributed by atoms with Crippen molar-refractivity contribution in [3.05, 3.63) is 0 Å². The van der Waals surface area contributed by atoms with Crippen molar-refractivity contribution in [2.24, 2.45) is 5.73 Å². The first-order valence-electron chi connectivity index (χ1n) is 4.55. The van der Waals surface area contributed by atoms with Gasteiger partial charge in [-0.05, 0) is 12.8 Å². The average Bonchev–Trinajstić information content (AvgIpc) is 2.15. The molecule has 0 bridgehead atoms. The smallest absolute Gasteiger partial charge is 0.0642 e. The van der Waals surface area contributed by atoms with Crippen LogP contribution in [0, 0.1) is 0 Å². The molecule has 0 aromatic rings. The zero-order valence-electron chi connectivity index (χ0n) is 7.84. The quantitative estimate of drug-likeness (QED) is 0.682. The Bertz CT molecular complexity index is 111. The Morgan fingerprint density at radius 1 is 1.17 bits per heavy atom. The number of ether oxygens (including phenoxy) is 1. The van der Waals surface area contributed by atoms with Gasteiger partial charge in [-0.2, -0.15) is 0 Å². The maximum absolute atomic E-state index is 6.14. The average molecular weight is 194 g/mol. The number of rotatable bonds is 2. The standard InChI is InChI=1S/C9H19NO.ClH/c1-11-8-9(10)6-4-2-3-5-7-9;/h2-8,10H2,1H3;1H. The third-order valence-electron chi connectivity index (χ3n) is 2.53. The minimum absolute atomic E-state index is 0. The van der Waals surface area contributed by atoms with Gasteiger partial charge in [0.2, 0.25) is 0 Å². The highest BCUT2D eigenvalue weighted by Gasteiger charge is 2.25. The third-order valence-corrected chi connectivity index (χ3v) is 2.53. The van der Waals surface area contributed by atoms with Crippen molar-refractivity contribution < 1.29 is 4.74 Å². The van der Waals surface area contributed by atoms with Crippen molar-refractivity contribution in [1.29, 1.82) is 0 Å². The van der Waals surface area contributed by atoms with Crippen molar-refractivity contribution in [3.63, 3.8) is 0 Å². The summed E-state index contributed by atoms with van der Waals surface area (Å²) in [4.78, 5) is 0. The third kappa shape index (κ3) is 3.74. The summed E-state index contributed by atoms with van der Waals surface area (Å²) in [5.74, 6) is 0. The first kappa shape index (κ1) is 12.2. The van der Waals surface area contributed by atoms with Crippen LogP contribution in [0.15, 0.2) is 0 Å². The molecule has 0 aliphatic heterocycles. The van der Waals surface area contributed by atoms with Crippen molar-refractivity contribution in [1.82, 2.24) is 0 Å². The predicted octanol–water partition coefficient (Wildman–Crippen LogP) is 2.11. The lowest BCUT2D eigenvalue weighted by Crippen LogP contribution is -2.43. The van der Waals surface area contributed by atoms with E-state index >= 15 is 0 Å². The maximum Gasteiger partial charge on any atom is 0.0642 e. The summed E-state index contributed by atoms with van der Waals surface area (Å²) in [6.45, 7) is 0.729. The van der Waals surface area contributed by atoms with Crippen LogP contribution in [0.4, 0.5) is 0 Å². The number of hydrogen-bond acceptors (Lipinski definition) is 2. The molecule has 1 saturated carbocycles. The molecule has 1 rings (SSSR count). The van der Waals surface area contributed by atoms with Gasteiger partial charge in [0.05, 0.1) is 6.61 Å². The molecule has 0 aromatic carbocycles. The molecule has 0 atom stereocenters. The molecule has 74 valence electrons. The lowest BCUT2D eigenvalue weighted by Gasteiger charge is -2.26. The summed E-state index contributed by atoms with van der Waals surface area (Å²) >= 11 is 0. The fourth-order valence-corrected chi connectivity index (χ4v) is 1.86. The molecular weight excluding hydrogens is 174 g/mol. The summed E-state index contributed by atoms with van der Waals surface area (Å²) in [5, 5.41) is 0. The van der Waals surface area contributed by atoms with Crippen LogP contribution in [0.1, 0.15) is 38.5 Å². The Morgan fingerprint density at radius 2 is 1.67 bits per heavy atom. The summed E-state index contributed by atoms with van der Waals surface area (Å²) in [5.41, 5.74) is 6.14. The fourth-order valence-electron chi connectivity index (χ4n) is 1.86. The van der Waals surface area contributed by atoms with Gasteiger partial charge in [-0.1, -0.05) is 25.7 Å². The normalized spacial score (nSPS) is 22.5. The van der Waals surface area contributed by atoms with Crippen LogP contribution in [-0.2, 0) is 4.74 Å². The van der Waals surface area contributed by atoms with Gasteiger partial charge in [0.25, 0.3) is 0 Å². The van der Waals surface area contributed by atoms with Gasteiger partial charge in [-0.15, -0.1) is 12.4 Å². The van der Waals surface area contributed by atoms with Gasteiger partial charge in [0, 0.05) is 12.6 Å². The van der Waals surface area contributed by atoms with E-state index < -0.39 is 0 Å². The van der Waals surface area contributed by atoms with Gasteiger partial charge in [-0.3, -0.25) is 0 Å². The molecule has 1 aliphatic carbocycles. The largest absolute Gasteiger partial charge is 0.383 e. The lowest BCUT2D eigenvalue weighted by atomic mass is 9.93. The predicted molar refractivity (Wildman–Crippen MR) is 53.7 cm³/mol. The molecule has 0 amide bonds. The highest BCUT2D eigenvalue weighted by Crippen LogP contribution is 2.24. The molecule has 0 spiro atoms. The van der Waals surface area contributed by atoms with Crippen LogP contribution >= 0.6 is 12.4 Å². The van der Waals surface area contributed by atoms with Crippen LogP contribution in [-0.4, -0.2) is 19.3 Å². The Labute approximate surface area is 81.3 Å². The molecule has 2 nitrogen and oxygen atoms in total. The van der Waals surface area contributed by atoms with E-state index in [0.29, 0.717) is 0 Å². The van der Waals surface area contributed by atoms with Crippen molar-refractivity contribution in [3.8, 4) is 0 Å². The molecule has 12 heavy (non-hydrogen) atoms. The minimum atomic E-state index is -0.00868. The van der Waals surface area contributed by atoms with E-state index in [0.717, 1.165) is 19.4 Å². The molecule has 0 aromatic heterocycles. The first-order chi connectivity index (χ1) is 5.27. The van der Waals surface area contributed by atoms with Gasteiger partial charge in [0.15, 0.2) is 0 Å². The van der Waals surface area contributed by atoms with Crippen LogP contribution in [0.5, 0.6) is 0 Å². The zero-order chi connectivity index (χ0) is 8.16. The second kappa shape index (κ2) is 5.79. The van der Waals surface area contributed by atoms with E-state index in [2.05, 4.69) is 0 Å². The molecule has 0 radical (unpaired) electrons. The summed E-state index contributed by atoms with van der Waals surface area (Å²) in [7, 11) is 1.74. The second-order valence-corrected chi connectivity index (χ2v) is 3.71. The second-order valence-electron chi connectivity index (χ2n) is 3.71. The summed E-state index contributed by atoms with van der Waals surface area (Å²) < 4.78 is 5.11. The van der Waals surface area contributed by atoms with Crippen LogP contribution in [0.25, 0.3) is 0 Å². The van der Waals surface area contributed by atoms with E-state index in [1.54, 1.807) is 7.11 Å². The highest BCUT2D eigenvalue weighted by atomic mass is 35.5. The summed E-state index contributed by atoms with van der Waals surface area (Å²) in [6.07, 6.45) is 7.53. The minimum Gasteiger partial charge on any atom is -0.383 e. The van der Waals surface area contributed by atoms with Crippen LogP contribution < -0.4 is 5.73 Å². The summed E-state index contributed by atoms with van der Waals surface area (Å²) in [6, 6.07) is 0. The Balaban J connectivity index is 0.00000121. The van der Waals surface area contributed by atoms with Crippen molar-refractivity contribution in [2.45, 2.75) is 44.1 Å². The van der Waals surface area contributed by atoms with E-state index in [9.17, 15) is 0 Å². The molecule has 1 fully saturated rings. The molecule has 0 saturated heterocycles. The molecule has 1 aliphatic rings. The Kier molecular flexibility index (Phi) is 5.89. The van der Waals surface area contributed by atoms with Gasteiger partial charge < -0.3 is 10.5 Å². The Hall–Kier alpha value is 0.210. The van der Waals surface area contributed by atoms with Crippen molar-refractivity contribution in [2.75, 3.05) is 13.7 Å². The van der Waals surface area contributed by atoms with E-state index in [4.69, 9.17) is 10.5 Å². The number of halogens is 1. The van der Waals surface area contributed by atoms with Crippen LogP contribution in [0.3, 0.4) is 0 Å². The van der Waals surface area contributed by atoms with Crippen molar-refractivity contribution >= 4 is 12.4 Å². The molecule has 0 unspecified atom stereocenters. The lowest BCUT2D eigenvalue weighted by molar-refractivity contribution is 0.122. The highest BCUT2D eigenvalue weighted by molar-refractivity contribution is 5.85. The van der Waals surface area contributed by atoms with E-state index in [1.807, 2.05) is 0 Å². The van der Waals surface area contributed by atoms with Crippen LogP contribution in [0.2, 0.25) is 0 Å². The van der Waals surface area contributed by atoms with Gasteiger partial charge in [-0.25, -0.2) is 0 Å².